The number of carbonyl (C=O) groups is 1. The molecule has 1 saturated carbocycles. The zero-order valence-electron chi connectivity index (χ0n) is 11.0. The Hall–Kier alpha value is -1.52. The minimum Gasteiger partial charge on any atom is -0.390 e. The van der Waals surface area contributed by atoms with Crippen LogP contribution < -0.4 is 0 Å². The normalized spacial score (nSPS) is 27.5. The smallest absolute Gasteiger partial charge is 0.206 e. The number of hydrogen-bond donors (Lipinski definition) is 2. The molecule has 0 saturated heterocycles. The Morgan fingerprint density at radius 1 is 1.21 bits per heavy atom. The van der Waals surface area contributed by atoms with E-state index < -0.39 is 12.2 Å². The fourth-order valence-electron chi connectivity index (χ4n) is 2.38. The number of Topliss-reactive ketones (excluding diaryl/α,β-unsaturated/α-hetero) is 1. The second kappa shape index (κ2) is 6.08. The van der Waals surface area contributed by atoms with Crippen molar-refractivity contribution < 1.29 is 15.0 Å². The van der Waals surface area contributed by atoms with Crippen LogP contribution in [-0.2, 0) is 0 Å². The van der Waals surface area contributed by atoms with Gasteiger partial charge in [-0.1, -0.05) is 30.3 Å². The van der Waals surface area contributed by atoms with Gasteiger partial charge in [-0.15, -0.1) is 0 Å². The highest BCUT2D eigenvalue weighted by Gasteiger charge is 2.31. The van der Waals surface area contributed by atoms with E-state index in [1.165, 1.54) is 0 Å². The maximum absolute atomic E-state index is 12.0. The SMILES string of the molecule is C/C(=N\C[C@H]1C[C@@H](O)[C@@H](O)C1)C(=O)c1ccccc1. The van der Waals surface area contributed by atoms with Crippen molar-refractivity contribution in [2.45, 2.75) is 32.0 Å². The number of aliphatic hydroxyl groups excluding tert-OH is 2. The second-order valence-electron chi connectivity index (χ2n) is 5.09. The maximum Gasteiger partial charge on any atom is 0.206 e. The van der Waals surface area contributed by atoms with Gasteiger partial charge in [0.25, 0.3) is 0 Å². The van der Waals surface area contributed by atoms with Crippen LogP contribution in [0.3, 0.4) is 0 Å². The molecule has 102 valence electrons. The summed E-state index contributed by atoms with van der Waals surface area (Å²) in [5.74, 6) is 0.0863. The number of rotatable bonds is 4. The lowest BCUT2D eigenvalue weighted by Crippen LogP contribution is -2.17. The first kappa shape index (κ1) is 13.9. The molecular weight excluding hydrogens is 242 g/mol. The molecule has 0 bridgehead atoms. The van der Waals surface area contributed by atoms with Gasteiger partial charge in [0.05, 0.1) is 17.9 Å². The molecule has 0 heterocycles. The summed E-state index contributed by atoms with van der Waals surface area (Å²) in [6.07, 6.45) is -0.190. The molecule has 0 amide bonds. The summed E-state index contributed by atoms with van der Waals surface area (Å²) < 4.78 is 0. The third-order valence-corrected chi connectivity index (χ3v) is 3.55. The fraction of sp³-hybridized carbons (Fsp3) is 0.467. The van der Waals surface area contributed by atoms with Crippen molar-refractivity contribution in [2.24, 2.45) is 10.9 Å². The Morgan fingerprint density at radius 2 is 1.79 bits per heavy atom. The van der Waals surface area contributed by atoms with Gasteiger partial charge in [0, 0.05) is 12.1 Å². The number of hydrogen-bond acceptors (Lipinski definition) is 4. The zero-order valence-corrected chi connectivity index (χ0v) is 11.0. The van der Waals surface area contributed by atoms with Gasteiger partial charge >= 0.3 is 0 Å². The molecule has 4 nitrogen and oxygen atoms in total. The van der Waals surface area contributed by atoms with Crippen LogP contribution in [-0.4, -0.2) is 40.5 Å². The monoisotopic (exact) mass is 261 g/mol. The molecular formula is C15H19NO3. The van der Waals surface area contributed by atoms with Gasteiger partial charge in [-0.05, 0) is 25.7 Å². The van der Waals surface area contributed by atoms with E-state index in [2.05, 4.69) is 4.99 Å². The van der Waals surface area contributed by atoms with Crippen molar-refractivity contribution in [3.8, 4) is 0 Å². The first-order valence-electron chi connectivity index (χ1n) is 6.55. The molecule has 0 spiro atoms. The Kier molecular flexibility index (Phi) is 4.45. The lowest BCUT2D eigenvalue weighted by molar-refractivity contribution is 0.0438. The largest absolute Gasteiger partial charge is 0.390 e. The lowest BCUT2D eigenvalue weighted by atomic mass is 10.1. The van der Waals surface area contributed by atoms with Crippen LogP contribution in [0.2, 0.25) is 0 Å². The molecule has 2 rings (SSSR count). The first-order valence-corrected chi connectivity index (χ1v) is 6.55. The van der Waals surface area contributed by atoms with Crippen LogP contribution in [0.4, 0.5) is 0 Å². The summed E-state index contributed by atoms with van der Waals surface area (Å²) >= 11 is 0. The molecule has 0 radical (unpaired) electrons. The maximum atomic E-state index is 12.0. The van der Waals surface area contributed by atoms with E-state index in [0.717, 1.165) is 0 Å². The Labute approximate surface area is 112 Å². The predicted octanol–water partition coefficient (Wildman–Crippen LogP) is 1.46. The van der Waals surface area contributed by atoms with Crippen molar-refractivity contribution in [1.82, 2.24) is 0 Å². The van der Waals surface area contributed by atoms with Crippen LogP contribution in [0.15, 0.2) is 35.3 Å². The molecule has 4 heteroatoms. The van der Waals surface area contributed by atoms with E-state index in [1.807, 2.05) is 18.2 Å². The summed E-state index contributed by atoms with van der Waals surface area (Å²) in [5, 5.41) is 18.9. The Bertz CT molecular complexity index is 460. The van der Waals surface area contributed by atoms with Gasteiger partial charge in [-0.25, -0.2) is 0 Å². The van der Waals surface area contributed by atoms with Gasteiger partial charge in [-0.3, -0.25) is 9.79 Å². The highest BCUT2D eigenvalue weighted by atomic mass is 16.3. The number of aliphatic hydroxyl groups is 2. The number of benzene rings is 1. The number of ketones is 1. The summed E-state index contributed by atoms with van der Waals surface area (Å²) in [6, 6.07) is 9.05. The van der Waals surface area contributed by atoms with Gasteiger partial charge in [-0.2, -0.15) is 0 Å². The second-order valence-corrected chi connectivity index (χ2v) is 5.09. The van der Waals surface area contributed by atoms with Crippen LogP contribution in [0.5, 0.6) is 0 Å². The van der Waals surface area contributed by atoms with E-state index in [-0.39, 0.29) is 11.7 Å². The standard InChI is InChI=1S/C15H19NO3/c1-10(15(19)12-5-3-2-4-6-12)16-9-11-7-13(17)14(18)8-11/h2-6,11,13-14,17-18H,7-9H2,1H3/b16-10+/t11-,13+,14-. The number of aliphatic imine (C=N–C) groups is 1. The van der Waals surface area contributed by atoms with Gasteiger partial charge in [0.1, 0.15) is 0 Å². The van der Waals surface area contributed by atoms with Crippen molar-refractivity contribution in [3.05, 3.63) is 35.9 Å². The van der Waals surface area contributed by atoms with Gasteiger partial charge in [0.2, 0.25) is 5.78 Å². The molecule has 1 aromatic carbocycles. The third kappa shape index (κ3) is 3.49. The Balaban J connectivity index is 1.95. The summed E-state index contributed by atoms with van der Waals surface area (Å²) in [4.78, 5) is 16.3. The first-order chi connectivity index (χ1) is 9.08. The van der Waals surface area contributed by atoms with E-state index in [9.17, 15) is 15.0 Å². The van der Waals surface area contributed by atoms with E-state index in [0.29, 0.717) is 30.7 Å². The van der Waals surface area contributed by atoms with E-state index in [4.69, 9.17) is 0 Å². The fourth-order valence-corrected chi connectivity index (χ4v) is 2.38. The molecule has 0 aliphatic heterocycles. The summed E-state index contributed by atoms with van der Waals surface area (Å²) in [6.45, 7) is 2.19. The average molecular weight is 261 g/mol. The van der Waals surface area contributed by atoms with Gasteiger partial charge < -0.3 is 10.2 Å². The minimum atomic E-state index is -0.648. The highest BCUT2D eigenvalue weighted by Crippen LogP contribution is 2.26. The molecule has 0 unspecified atom stereocenters. The molecule has 0 aromatic heterocycles. The molecule has 1 aromatic rings. The van der Waals surface area contributed by atoms with E-state index in [1.54, 1.807) is 19.1 Å². The zero-order chi connectivity index (χ0) is 13.8. The van der Waals surface area contributed by atoms with Crippen LogP contribution in [0.1, 0.15) is 30.1 Å². The molecule has 3 atom stereocenters. The number of nitrogens with zero attached hydrogens (tertiary/aromatic N) is 1. The van der Waals surface area contributed by atoms with E-state index >= 15 is 0 Å². The average Bonchev–Trinajstić information content (AvgIpc) is 2.75. The van der Waals surface area contributed by atoms with Crippen LogP contribution in [0, 0.1) is 5.92 Å². The van der Waals surface area contributed by atoms with Crippen molar-refractivity contribution in [3.63, 3.8) is 0 Å². The summed E-state index contributed by atoms with van der Waals surface area (Å²) in [7, 11) is 0. The molecule has 1 aliphatic rings. The molecule has 1 fully saturated rings. The predicted molar refractivity (Wildman–Crippen MR) is 73.5 cm³/mol. The summed E-state index contributed by atoms with van der Waals surface area (Å²) in [5.41, 5.74) is 1.11. The molecule has 19 heavy (non-hydrogen) atoms. The number of carbonyl (C=O) groups excluding carboxylic acids is 1. The molecule has 1 aliphatic carbocycles. The minimum absolute atomic E-state index is 0.0697. The van der Waals surface area contributed by atoms with Crippen LogP contribution >= 0.6 is 0 Å². The topological polar surface area (TPSA) is 69.9 Å². The van der Waals surface area contributed by atoms with Gasteiger partial charge in [0.15, 0.2) is 0 Å². The quantitative estimate of drug-likeness (QED) is 0.637. The lowest BCUT2D eigenvalue weighted by Gasteiger charge is -2.06. The van der Waals surface area contributed by atoms with Crippen molar-refractivity contribution >= 4 is 11.5 Å². The molecule has 2 N–H and O–H groups in total. The van der Waals surface area contributed by atoms with Crippen molar-refractivity contribution in [1.29, 1.82) is 0 Å². The van der Waals surface area contributed by atoms with Crippen LogP contribution in [0.25, 0.3) is 0 Å². The third-order valence-electron chi connectivity index (χ3n) is 3.55. The highest BCUT2D eigenvalue weighted by molar-refractivity contribution is 6.45. The van der Waals surface area contributed by atoms with Crippen molar-refractivity contribution in [2.75, 3.05) is 6.54 Å². The Morgan fingerprint density at radius 3 is 2.37 bits per heavy atom.